The molecular formula is C27H36N4O5S. The summed E-state index contributed by atoms with van der Waals surface area (Å²) in [5.74, 6) is 0.954. The summed E-state index contributed by atoms with van der Waals surface area (Å²) in [4.78, 5) is 23.1. The summed E-state index contributed by atoms with van der Waals surface area (Å²) in [6, 6.07) is 7.75. The first-order valence-corrected chi connectivity index (χ1v) is 14.2. The average molecular weight is 529 g/mol. The van der Waals surface area contributed by atoms with Crippen molar-refractivity contribution in [2.75, 3.05) is 45.0 Å². The summed E-state index contributed by atoms with van der Waals surface area (Å²) in [7, 11) is 0.0230. The van der Waals surface area contributed by atoms with Gasteiger partial charge in [0.05, 0.1) is 37.4 Å². The molecule has 9 nitrogen and oxygen atoms in total. The summed E-state index contributed by atoms with van der Waals surface area (Å²) < 4.78 is 36.7. The van der Waals surface area contributed by atoms with Gasteiger partial charge >= 0.3 is 0 Å². The lowest BCUT2D eigenvalue weighted by Crippen LogP contribution is -2.30. The molecule has 37 heavy (non-hydrogen) atoms. The number of H-pyrrole nitrogens is 1. The third kappa shape index (κ3) is 5.97. The molecule has 3 heterocycles. The number of rotatable bonds is 8. The SMILES string of the molecule is COCc1ccc(-c2cc(C(C)(C)C)c(OC)c3cc(N4CC[C@H](CNS(C)(=O)=O)C4)cnc23)c(=O)[nH]1. The van der Waals surface area contributed by atoms with E-state index in [9.17, 15) is 13.2 Å². The number of sulfonamides is 1. The van der Waals surface area contributed by atoms with Crippen molar-refractivity contribution in [3.05, 3.63) is 52.1 Å². The normalized spacial score (nSPS) is 16.5. The van der Waals surface area contributed by atoms with Gasteiger partial charge in [-0.15, -0.1) is 0 Å². The number of ether oxygens (including phenoxy) is 2. The average Bonchev–Trinajstić information content (AvgIpc) is 3.30. The maximum atomic E-state index is 13.1. The predicted molar refractivity (Wildman–Crippen MR) is 147 cm³/mol. The number of anilines is 1. The molecule has 0 unspecified atom stereocenters. The number of hydrogen-bond donors (Lipinski definition) is 2. The Hall–Kier alpha value is -2.95. The van der Waals surface area contributed by atoms with Crippen LogP contribution in [0.1, 0.15) is 38.4 Å². The van der Waals surface area contributed by atoms with Crippen molar-refractivity contribution < 1.29 is 17.9 Å². The zero-order valence-electron chi connectivity index (χ0n) is 22.3. The number of nitrogens with one attached hydrogen (secondary N) is 2. The van der Waals surface area contributed by atoms with Gasteiger partial charge in [-0.3, -0.25) is 9.78 Å². The number of benzene rings is 1. The van der Waals surface area contributed by atoms with E-state index in [4.69, 9.17) is 14.5 Å². The van der Waals surface area contributed by atoms with E-state index in [1.807, 2.05) is 24.4 Å². The van der Waals surface area contributed by atoms with Crippen LogP contribution in [0.15, 0.2) is 35.3 Å². The Morgan fingerprint density at radius 2 is 1.95 bits per heavy atom. The molecule has 1 aliphatic rings. The van der Waals surface area contributed by atoms with Crippen LogP contribution >= 0.6 is 0 Å². The van der Waals surface area contributed by atoms with E-state index in [1.54, 1.807) is 14.2 Å². The van der Waals surface area contributed by atoms with Crippen LogP contribution in [0.3, 0.4) is 0 Å². The van der Waals surface area contributed by atoms with E-state index in [-0.39, 0.29) is 16.9 Å². The Labute approximate surface area is 218 Å². The van der Waals surface area contributed by atoms with Crippen molar-refractivity contribution in [1.29, 1.82) is 0 Å². The number of nitrogens with zero attached hydrogens (tertiary/aromatic N) is 2. The highest BCUT2D eigenvalue weighted by Gasteiger charge is 2.27. The van der Waals surface area contributed by atoms with Gasteiger partial charge in [0.2, 0.25) is 10.0 Å². The molecule has 4 rings (SSSR count). The largest absolute Gasteiger partial charge is 0.496 e. The van der Waals surface area contributed by atoms with Crippen LogP contribution in [0.25, 0.3) is 22.0 Å². The highest BCUT2D eigenvalue weighted by Crippen LogP contribution is 2.42. The maximum absolute atomic E-state index is 13.1. The molecule has 1 fully saturated rings. The number of aromatic amines is 1. The van der Waals surface area contributed by atoms with Crippen LogP contribution in [0, 0.1) is 5.92 Å². The monoisotopic (exact) mass is 528 g/mol. The zero-order chi connectivity index (χ0) is 27.0. The second-order valence-electron chi connectivity index (χ2n) is 10.7. The van der Waals surface area contributed by atoms with Crippen LogP contribution in [-0.2, 0) is 26.8 Å². The van der Waals surface area contributed by atoms with Crippen LogP contribution in [-0.4, -0.2) is 58.5 Å². The van der Waals surface area contributed by atoms with Crippen LogP contribution in [0.2, 0.25) is 0 Å². The number of hydrogen-bond acceptors (Lipinski definition) is 7. The summed E-state index contributed by atoms with van der Waals surface area (Å²) >= 11 is 0. The highest BCUT2D eigenvalue weighted by molar-refractivity contribution is 7.88. The van der Waals surface area contributed by atoms with Crippen molar-refractivity contribution >= 4 is 26.6 Å². The smallest absolute Gasteiger partial charge is 0.256 e. The van der Waals surface area contributed by atoms with Crippen molar-refractivity contribution in [2.24, 2.45) is 5.92 Å². The molecule has 2 aromatic heterocycles. The van der Waals surface area contributed by atoms with E-state index in [0.717, 1.165) is 47.5 Å². The Bertz CT molecular complexity index is 1460. The quantitative estimate of drug-likeness (QED) is 0.461. The van der Waals surface area contributed by atoms with Crippen LogP contribution in [0.5, 0.6) is 5.75 Å². The van der Waals surface area contributed by atoms with Gasteiger partial charge in [-0.1, -0.05) is 20.8 Å². The van der Waals surface area contributed by atoms with Gasteiger partial charge in [-0.05, 0) is 42.0 Å². The Morgan fingerprint density at radius 1 is 1.19 bits per heavy atom. The van der Waals surface area contributed by atoms with Gasteiger partial charge in [0.1, 0.15) is 5.75 Å². The zero-order valence-corrected chi connectivity index (χ0v) is 23.2. The van der Waals surface area contributed by atoms with Gasteiger partial charge in [-0.2, -0.15) is 0 Å². The third-order valence-corrected chi connectivity index (χ3v) is 7.45. The van der Waals surface area contributed by atoms with Crippen molar-refractivity contribution in [3.8, 4) is 16.9 Å². The molecule has 0 radical (unpaired) electrons. The minimum absolute atomic E-state index is 0.201. The number of methoxy groups -OCH3 is 2. The van der Waals surface area contributed by atoms with Gasteiger partial charge in [0, 0.05) is 54.5 Å². The van der Waals surface area contributed by atoms with Crippen molar-refractivity contribution in [2.45, 2.75) is 39.2 Å². The Balaban J connectivity index is 1.81. The molecule has 1 saturated heterocycles. The molecule has 3 aromatic rings. The topological polar surface area (TPSA) is 114 Å². The molecule has 0 spiro atoms. The summed E-state index contributed by atoms with van der Waals surface area (Å²) in [5, 5.41) is 0.834. The van der Waals surface area contributed by atoms with Crippen LogP contribution in [0.4, 0.5) is 5.69 Å². The summed E-state index contributed by atoms with van der Waals surface area (Å²) in [6.07, 6.45) is 3.88. The lowest BCUT2D eigenvalue weighted by atomic mass is 9.83. The van der Waals surface area contributed by atoms with E-state index < -0.39 is 10.0 Å². The molecule has 0 aliphatic carbocycles. The Kier molecular flexibility index (Phi) is 7.64. The minimum Gasteiger partial charge on any atom is -0.496 e. The Morgan fingerprint density at radius 3 is 2.57 bits per heavy atom. The second kappa shape index (κ2) is 10.4. The van der Waals surface area contributed by atoms with Gasteiger partial charge in [0.15, 0.2) is 0 Å². The molecule has 200 valence electrons. The lowest BCUT2D eigenvalue weighted by Gasteiger charge is -2.26. The molecule has 2 N–H and O–H groups in total. The highest BCUT2D eigenvalue weighted by atomic mass is 32.2. The molecule has 0 amide bonds. The van der Waals surface area contributed by atoms with Gasteiger partial charge in [-0.25, -0.2) is 13.1 Å². The minimum atomic E-state index is -3.22. The van der Waals surface area contributed by atoms with Gasteiger partial charge < -0.3 is 19.4 Å². The van der Waals surface area contributed by atoms with E-state index in [2.05, 4.69) is 41.4 Å². The third-order valence-electron chi connectivity index (χ3n) is 6.76. The molecule has 1 atom stereocenters. The first kappa shape index (κ1) is 27.1. The van der Waals surface area contributed by atoms with Crippen molar-refractivity contribution in [1.82, 2.24) is 14.7 Å². The molecule has 0 saturated carbocycles. The maximum Gasteiger partial charge on any atom is 0.256 e. The van der Waals surface area contributed by atoms with E-state index in [0.29, 0.717) is 29.9 Å². The molecular weight excluding hydrogens is 492 g/mol. The lowest BCUT2D eigenvalue weighted by molar-refractivity contribution is 0.181. The molecule has 10 heteroatoms. The molecule has 1 aromatic carbocycles. The first-order valence-electron chi connectivity index (χ1n) is 12.3. The van der Waals surface area contributed by atoms with Crippen molar-refractivity contribution in [3.63, 3.8) is 0 Å². The van der Waals surface area contributed by atoms with E-state index >= 15 is 0 Å². The fourth-order valence-electron chi connectivity index (χ4n) is 4.89. The first-order chi connectivity index (χ1) is 17.4. The summed E-state index contributed by atoms with van der Waals surface area (Å²) in [5.41, 5.74) is 4.14. The molecule has 1 aliphatic heterocycles. The van der Waals surface area contributed by atoms with E-state index in [1.165, 1.54) is 6.26 Å². The standard InChI is InChI=1S/C27H36N4O5S/c1-27(2,3)23-12-21(20-8-7-18(16-35-4)30-26(20)32)24-22(25(23)36-5)11-19(14-28-24)31-10-9-17(15-31)13-29-37(6,33)34/h7-8,11-12,14,17,29H,9-10,13,15-16H2,1-6H3,(H,30,32)/t17-/m1/s1. The fourth-order valence-corrected chi connectivity index (χ4v) is 5.43. The fraction of sp³-hybridized carbons (Fsp3) is 0.481. The summed E-state index contributed by atoms with van der Waals surface area (Å²) in [6.45, 7) is 8.61. The number of fused-ring (bicyclic) bond motifs is 1. The number of aromatic nitrogens is 2. The number of pyridine rings is 2. The second-order valence-corrected chi connectivity index (χ2v) is 12.6. The molecule has 0 bridgehead atoms. The predicted octanol–water partition coefficient (Wildman–Crippen LogP) is 3.42. The van der Waals surface area contributed by atoms with Crippen LogP contribution < -0.4 is 19.9 Å². The van der Waals surface area contributed by atoms with Gasteiger partial charge in [0.25, 0.3) is 5.56 Å².